The lowest BCUT2D eigenvalue weighted by Gasteiger charge is -2.34. The highest BCUT2D eigenvalue weighted by Crippen LogP contribution is 2.31. The number of piperidine rings is 1. The van der Waals surface area contributed by atoms with Crippen LogP contribution in [-0.2, 0) is 0 Å². The normalized spacial score (nSPS) is 15.8. The summed E-state index contributed by atoms with van der Waals surface area (Å²) >= 11 is 0. The fourth-order valence-electron chi connectivity index (χ4n) is 4.36. The number of pyridine rings is 3. The number of nitrogens with one attached hydrogen (secondary N) is 2. The number of anilines is 3. The second-order valence-corrected chi connectivity index (χ2v) is 8.26. The third-order valence-corrected chi connectivity index (χ3v) is 5.99. The highest BCUT2D eigenvalue weighted by atomic mass is 16.2. The van der Waals surface area contributed by atoms with Crippen molar-refractivity contribution in [2.24, 2.45) is 0 Å². The minimum Gasteiger partial charge on any atom is -0.325 e. The number of nitrogens with zero attached hydrogens (tertiary/aromatic N) is 4. The average molecular weight is 439 g/mol. The molecule has 1 saturated heterocycles. The molecular formula is C26H26N6O. The lowest BCUT2D eigenvalue weighted by atomic mass is 10.0. The Labute approximate surface area is 192 Å². The van der Waals surface area contributed by atoms with E-state index in [9.17, 15) is 4.79 Å². The molecule has 1 atom stereocenters. The molecule has 1 unspecified atom stereocenters. The van der Waals surface area contributed by atoms with Crippen LogP contribution in [0.3, 0.4) is 0 Å². The molecule has 33 heavy (non-hydrogen) atoms. The van der Waals surface area contributed by atoms with Gasteiger partial charge in [0.05, 0.1) is 11.6 Å². The van der Waals surface area contributed by atoms with Gasteiger partial charge >= 0.3 is 0 Å². The molecule has 5 rings (SSSR count). The lowest BCUT2D eigenvalue weighted by molar-refractivity contribution is 0.0971. The predicted octanol–water partition coefficient (Wildman–Crippen LogP) is 4.48. The van der Waals surface area contributed by atoms with Crippen molar-refractivity contribution in [3.05, 3.63) is 84.3 Å². The highest BCUT2D eigenvalue weighted by Gasteiger charge is 2.30. The van der Waals surface area contributed by atoms with Gasteiger partial charge in [-0.1, -0.05) is 24.3 Å². The zero-order valence-electron chi connectivity index (χ0n) is 18.5. The molecule has 2 N–H and O–H groups in total. The average Bonchev–Trinajstić information content (AvgIpc) is 2.86. The molecule has 0 bridgehead atoms. The number of carbonyl (C=O) groups is 1. The van der Waals surface area contributed by atoms with Crippen LogP contribution in [0.4, 0.5) is 17.5 Å². The van der Waals surface area contributed by atoms with Gasteiger partial charge in [-0.05, 0) is 67.6 Å². The van der Waals surface area contributed by atoms with E-state index in [2.05, 4.69) is 39.7 Å². The smallest absolute Gasteiger partial charge is 0.261 e. The van der Waals surface area contributed by atoms with Crippen molar-refractivity contribution in [3.63, 3.8) is 0 Å². The largest absolute Gasteiger partial charge is 0.325 e. The summed E-state index contributed by atoms with van der Waals surface area (Å²) in [6.07, 6.45) is 7.06. The Balaban J connectivity index is 1.51. The second kappa shape index (κ2) is 9.34. The molecule has 166 valence electrons. The van der Waals surface area contributed by atoms with Gasteiger partial charge in [0.25, 0.3) is 5.91 Å². The van der Waals surface area contributed by atoms with Gasteiger partial charge < -0.3 is 10.6 Å². The summed E-state index contributed by atoms with van der Waals surface area (Å²) in [5.41, 5.74) is 1.63. The molecule has 0 saturated carbocycles. The van der Waals surface area contributed by atoms with E-state index in [1.165, 1.54) is 0 Å². The van der Waals surface area contributed by atoms with E-state index in [0.717, 1.165) is 42.3 Å². The van der Waals surface area contributed by atoms with Crippen molar-refractivity contribution in [1.29, 1.82) is 0 Å². The molecular weight excluding hydrogens is 412 g/mol. The summed E-state index contributed by atoms with van der Waals surface area (Å²) in [5.74, 6) is 1.95. The fraction of sp³-hybridized carbons (Fsp3) is 0.231. The Morgan fingerprint density at radius 2 is 1.91 bits per heavy atom. The quantitative estimate of drug-likeness (QED) is 0.478. The molecule has 3 aromatic heterocycles. The zero-order chi connectivity index (χ0) is 22.6. The van der Waals surface area contributed by atoms with E-state index >= 15 is 0 Å². The minimum absolute atomic E-state index is 0.0234. The third-order valence-electron chi connectivity index (χ3n) is 5.99. The maximum atomic E-state index is 13.9. The number of hydrogen-bond donors (Lipinski definition) is 2. The lowest BCUT2D eigenvalue weighted by Crippen LogP contribution is -2.49. The summed E-state index contributed by atoms with van der Waals surface area (Å²) in [4.78, 5) is 29.1. The number of benzene rings is 1. The van der Waals surface area contributed by atoms with Crippen molar-refractivity contribution < 1.29 is 4.79 Å². The van der Waals surface area contributed by atoms with E-state index in [0.29, 0.717) is 23.0 Å². The summed E-state index contributed by atoms with van der Waals surface area (Å²) < 4.78 is 0. The van der Waals surface area contributed by atoms with Crippen LogP contribution < -0.4 is 15.5 Å². The van der Waals surface area contributed by atoms with Crippen LogP contribution in [0.15, 0.2) is 73.2 Å². The van der Waals surface area contributed by atoms with Crippen molar-refractivity contribution in [2.45, 2.75) is 25.8 Å². The van der Waals surface area contributed by atoms with Crippen LogP contribution in [-0.4, -0.2) is 40.0 Å². The van der Waals surface area contributed by atoms with E-state index < -0.39 is 0 Å². The van der Waals surface area contributed by atoms with Gasteiger partial charge in [-0.3, -0.25) is 9.69 Å². The van der Waals surface area contributed by atoms with Gasteiger partial charge in [-0.15, -0.1) is 0 Å². The van der Waals surface area contributed by atoms with Gasteiger partial charge in [-0.2, -0.15) is 0 Å². The van der Waals surface area contributed by atoms with Crippen molar-refractivity contribution in [1.82, 2.24) is 20.3 Å². The Hall–Kier alpha value is -3.84. The van der Waals surface area contributed by atoms with Crippen LogP contribution in [0.5, 0.6) is 0 Å². The molecule has 1 aliphatic heterocycles. The molecule has 0 aliphatic carbocycles. The fourth-order valence-corrected chi connectivity index (χ4v) is 4.36. The Kier molecular flexibility index (Phi) is 5.95. The van der Waals surface area contributed by atoms with E-state index in [4.69, 9.17) is 4.98 Å². The van der Waals surface area contributed by atoms with Crippen LogP contribution in [0, 0.1) is 6.92 Å². The first kappa shape index (κ1) is 21.0. The van der Waals surface area contributed by atoms with E-state index in [1.807, 2.05) is 41.3 Å². The molecule has 1 fully saturated rings. The SMILES string of the molecule is Cc1cccc2ccnc(N(C(=O)c3ccc(Nc4ccccn4)nc3)C3CCCNC3)c12. The number of carbonyl (C=O) groups excluding carboxylic acids is 1. The molecule has 1 aliphatic rings. The maximum absolute atomic E-state index is 13.9. The third kappa shape index (κ3) is 4.40. The molecule has 0 radical (unpaired) electrons. The first-order valence-corrected chi connectivity index (χ1v) is 11.2. The molecule has 4 heterocycles. The monoisotopic (exact) mass is 438 g/mol. The standard InChI is InChI=1S/C26H26N6O/c1-18-6-4-7-19-12-15-29-25(24(18)19)32(21-8-5-13-27-17-21)26(33)20-10-11-23(30-16-20)31-22-9-2-3-14-28-22/h2-4,6-7,9-12,14-16,21,27H,5,8,13,17H2,1H3,(H,28,30,31). The van der Waals surface area contributed by atoms with Gasteiger partial charge in [-0.25, -0.2) is 15.0 Å². The van der Waals surface area contributed by atoms with Gasteiger partial charge in [0.1, 0.15) is 17.5 Å². The minimum atomic E-state index is -0.0937. The number of fused-ring (bicyclic) bond motifs is 1. The van der Waals surface area contributed by atoms with E-state index in [1.54, 1.807) is 24.7 Å². The Morgan fingerprint density at radius 1 is 1.00 bits per heavy atom. The molecule has 7 heteroatoms. The Morgan fingerprint density at radius 3 is 2.67 bits per heavy atom. The van der Waals surface area contributed by atoms with Gasteiger partial charge in [0.2, 0.25) is 0 Å². The maximum Gasteiger partial charge on any atom is 0.261 e. The molecule has 4 aromatic rings. The van der Waals surface area contributed by atoms with Crippen LogP contribution in [0.25, 0.3) is 10.8 Å². The first-order chi connectivity index (χ1) is 16.2. The second-order valence-electron chi connectivity index (χ2n) is 8.26. The summed E-state index contributed by atoms with van der Waals surface area (Å²) in [6.45, 7) is 3.77. The molecule has 1 aromatic carbocycles. The van der Waals surface area contributed by atoms with Crippen LogP contribution >= 0.6 is 0 Å². The summed E-state index contributed by atoms with van der Waals surface area (Å²) in [6, 6.07) is 17.4. The number of aryl methyl sites for hydroxylation is 1. The topological polar surface area (TPSA) is 83.0 Å². The molecule has 0 spiro atoms. The van der Waals surface area contributed by atoms with Crippen molar-refractivity contribution >= 4 is 34.1 Å². The molecule has 1 amide bonds. The molecule has 7 nitrogen and oxygen atoms in total. The van der Waals surface area contributed by atoms with Crippen LogP contribution in [0.2, 0.25) is 0 Å². The number of hydrogen-bond acceptors (Lipinski definition) is 6. The number of aromatic nitrogens is 3. The highest BCUT2D eigenvalue weighted by molar-refractivity contribution is 6.10. The van der Waals surface area contributed by atoms with Crippen molar-refractivity contribution in [2.75, 3.05) is 23.3 Å². The summed E-state index contributed by atoms with van der Waals surface area (Å²) in [7, 11) is 0. The van der Waals surface area contributed by atoms with Gasteiger partial charge in [0, 0.05) is 30.5 Å². The Bertz CT molecular complexity index is 1250. The summed E-state index contributed by atoms with van der Waals surface area (Å²) in [5, 5.41) is 8.69. The zero-order valence-corrected chi connectivity index (χ0v) is 18.5. The number of amides is 1. The first-order valence-electron chi connectivity index (χ1n) is 11.2. The van der Waals surface area contributed by atoms with E-state index in [-0.39, 0.29) is 11.9 Å². The number of rotatable bonds is 5. The van der Waals surface area contributed by atoms with Crippen LogP contribution in [0.1, 0.15) is 28.8 Å². The van der Waals surface area contributed by atoms with Crippen molar-refractivity contribution in [3.8, 4) is 0 Å². The predicted molar refractivity (Wildman–Crippen MR) is 131 cm³/mol. The van der Waals surface area contributed by atoms with Gasteiger partial charge in [0.15, 0.2) is 0 Å².